The standard InChI is InChI=1S/C22H25NO4/c24-17-19(25)9-3-2-6-15-23-22(26)14-13-18-8-7-12-21(16-18)27-20-10-4-1-5-11-20/h1,4-5,7-8,10-14,16,24H,2-3,6,9,15,17H2,(H,23,26)/b14-13+. The number of nitrogens with one attached hydrogen (secondary N) is 1. The molecule has 27 heavy (non-hydrogen) atoms. The number of ketones is 1. The van der Waals surface area contributed by atoms with Crippen LogP contribution in [0.3, 0.4) is 0 Å². The van der Waals surface area contributed by atoms with E-state index in [1.54, 1.807) is 6.08 Å². The van der Waals surface area contributed by atoms with Crippen LogP contribution in [0.25, 0.3) is 6.08 Å². The molecule has 0 bridgehead atoms. The van der Waals surface area contributed by atoms with Gasteiger partial charge in [-0.1, -0.05) is 36.8 Å². The number of para-hydroxylation sites is 1. The maximum atomic E-state index is 11.9. The Hall–Kier alpha value is -2.92. The fourth-order valence-corrected chi connectivity index (χ4v) is 2.45. The van der Waals surface area contributed by atoms with E-state index >= 15 is 0 Å². The minimum absolute atomic E-state index is 0.138. The smallest absolute Gasteiger partial charge is 0.243 e. The second kappa shape index (κ2) is 11.6. The van der Waals surface area contributed by atoms with E-state index in [1.165, 1.54) is 6.08 Å². The van der Waals surface area contributed by atoms with Gasteiger partial charge in [0.2, 0.25) is 5.91 Å². The molecule has 5 heteroatoms. The number of unbranched alkanes of at least 4 members (excludes halogenated alkanes) is 2. The molecule has 0 unspecified atom stereocenters. The first-order valence-electron chi connectivity index (χ1n) is 9.09. The van der Waals surface area contributed by atoms with Gasteiger partial charge in [-0.15, -0.1) is 0 Å². The molecule has 0 saturated carbocycles. The van der Waals surface area contributed by atoms with Crippen molar-refractivity contribution in [2.75, 3.05) is 13.2 Å². The van der Waals surface area contributed by atoms with Crippen LogP contribution in [0.4, 0.5) is 0 Å². The van der Waals surface area contributed by atoms with Crippen molar-refractivity contribution in [1.82, 2.24) is 5.32 Å². The summed E-state index contributed by atoms with van der Waals surface area (Å²) in [4.78, 5) is 22.8. The molecule has 2 aromatic rings. The normalized spacial score (nSPS) is 10.7. The fourth-order valence-electron chi connectivity index (χ4n) is 2.45. The molecule has 0 spiro atoms. The van der Waals surface area contributed by atoms with Crippen LogP contribution in [0.15, 0.2) is 60.7 Å². The predicted molar refractivity (Wildman–Crippen MR) is 106 cm³/mol. The van der Waals surface area contributed by atoms with Crippen LogP contribution in [-0.4, -0.2) is 29.9 Å². The number of hydrogen-bond donors (Lipinski definition) is 2. The van der Waals surface area contributed by atoms with E-state index in [-0.39, 0.29) is 18.3 Å². The monoisotopic (exact) mass is 367 g/mol. The van der Waals surface area contributed by atoms with Crippen molar-refractivity contribution >= 4 is 17.8 Å². The van der Waals surface area contributed by atoms with E-state index in [9.17, 15) is 9.59 Å². The minimum Gasteiger partial charge on any atom is -0.457 e. The third kappa shape index (κ3) is 8.33. The van der Waals surface area contributed by atoms with Gasteiger partial charge in [-0.05, 0) is 48.7 Å². The Morgan fingerprint density at radius 1 is 0.963 bits per heavy atom. The van der Waals surface area contributed by atoms with Crippen LogP contribution in [0.1, 0.15) is 31.2 Å². The molecule has 2 N–H and O–H groups in total. The van der Waals surface area contributed by atoms with Gasteiger partial charge < -0.3 is 15.2 Å². The number of carbonyl (C=O) groups excluding carboxylic acids is 2. The third-order valence-corrected chi connectivity index (χ3v) is 3.87. The summed E-state index contributed by atoms with van der Waals surface area (Å²) in [5.41, 5.74) is 0.876. The largest absolute Gasteiger partial charge is 0.457 e. The van der Waals surface area contributed by atoms with Crippen molar-refractivity contribution in [3.63, 3.8) is 0 Å². The molecule has 0 atom stereocenters. The highest BCUT2D eigenvalue weighted by atomic mass is 16.5. The molecular formula is C22H25NO4. The molecule has 2 aromatic carbocycles. The number of carbonyl (C=O) groups is 2. The Morgan fingerprint density at radius 2 is 1.74 bits per heavy atom. The third-order valence-electron chi connectivity index (χ3n) is 3.87. The number of rotatable bonds is 11. The van der Waals surface area contributed by atoms with Gasteiger partial charge in [-0.2, -0.15) is 0 Å². The summed E-state index contributed by atoms with van der Waals surface area (Å²) in [7, 11) is 0. The number of benzene rings is 2. The molecule has 0 fully saturated rings. The highest BCUT2D eigenvalue weighted by molar-refractivity contribution is 5.91. The average Bonchev–Trinajstić information content (AvgIpc) is 2.70. The van der Waals surface area contributed by atoms with Crippen LogP contribution >= 0.6 is 0 Å². The first-order valence-corrected chi connectivity index (χ1v) is 9.09. The van der Waals surface area contributed by atoms with Crippen molar-refractivity contribution in [3.8, 4) is 11.5 Å². The first kappa shape index (κ1) is 20.4. The molecule has 5 nitrogen and oxygen atoms in total. The van der Waals surface area contributed by atoms with Gasteiger partial charge in [0.15, 0.2) is 5.78 Å². The number of Topliss-reactive ketones (excluding diaryl/α,β-unsaturated/α-hetero) is 1. The minimum atomic E-state index is -0.390. The van der Waals surface area contributed by atoms with E-state index in [0.717, 1.165) is 30.6 Å². The summed E-state index contributed by atoms with van der Waals surface area (Å²) in [6.07, 6.45) is 6.02. The Balaban J connectivity index is 1.72. The highest BCUT2D eigenvalue weighted by Gasteiger charge is 2.00. The van der Waals surface area contributed by atoms with Crippen molar-refractivity contribution in [2.24, 2.45) is 0 Å². The van der Waals surface area contributed by atoms with Gasteiger partial charge in [0.25, 0.3) is 0 Å². The molecule has 0 aliphatic carbocycles. The number of aliphatic hydroxyl groups is 1. The van der Waals surface area contributed by atoms with E-state index < -0.39 is 0 Å². The zero-order valence-electron chi connectivity index (χ0n) is 15.3. The summed E-state index contributed by atoms with van der Waals surface area (Å²) in [6.45, 7) is 0.173. The second-order valence-electron chi connectivity index (χ2n) is 6.12. The molecule has 142 valence electrons. The number of amides is 1. The lowest BCUT2D eigenvalue weighted by Crippen LogP contribution is -2.22. The van der Waals surface area contributed by atoms with Gasteiger partial charge in [0.1, 0.15) is 18.1 Å². The molecule has 0 aliphatic rings. The van der Waals surface area contributed by atoms with E-state index in [0.29, 0.717) is 18.7 Å². The molecule has 1 amide bonds. The SMILES string of the molecule is O=C(CO)CCCCCNC(=O)/C=C/c1cccc(Oc2ccccc2)c1. The molecule has 0 heterocycles. The maximum absolute atomic E-state index is 11.9. The van der Waals surface area contributed by atoms with Crippen LogP contribution in [-0.2, 0) is 9.59 Å². The predicted octanol–water partition coefficient (Wildman–Crippen LogP) is 3.73. The van der Waals surface area contributed by atoms with Gasteiger partial charge in [0.05, 0.1) is 0 Å². The van der Waals surface area contributed by atoms with E-state index in [4.69, 9.17) is 9.84 Å². The Morgan fingerprint density at radius 3 is 2.52 bits per heavy atom. The van der Waals surface area contributed by atoms with Gasteiger partial charge in [-0.3, -0.25) is 9.59 Å². The van der Waals surface area contributed by atoms with Crippen LogP contribution in [0.5, 0.6) is 11.5 Å². The zero-order chi connectivity index (χ0) is 19.3. The van der Waals surface area contributed by atoms with Gasteiger partial charge >= 0.3 is 0 Å². The van der Waals surface area contributed by atoms with E-state index in [2.05, 4.69) is 5.32 Å². The number of aliphatic hydroxyl groups excluding tert-OH is 1. The summed E-state index contributed by atoms with van der Waals surface area (Å²) < 4.78 is 5.78. The van der Waals surface area contributed by atoms with Crippen LogP contribution in [0, 0.1) is 0 Å². The maximum Gasteiger partial charge on any atom is 0.243 e. The molecule has 0 aliphatic heterocycles. The molecule has 2 rings (SSSR count). The van der Waals surface area contributed by atoms with Crippen LogP contribution in [0.2, 0.25) is 0 Å². The van der Waals surface area contributed by atoms with Crippen molar-refractivity contribution < 1.29 is 19.4 Å². The Labute approximate surface area is 159 Å². The average molecular weight is 367 g/mol. The Bertz CT molecular complexity index is 756. The molecular weight excluding hydrogens is 342 g/mol. The second-order valence-corrected chi connectivity index (χ2v) is 6.12. The first-order chi connectivity index (χ1) is 13.2. The van der Waals surface area contributed by atoms with E-state index in [1.807, 2.05) is 54.6 Å². The van der Waals surface area contributed by atoms with Gasteiger partial charge in [0, 0.05) is 19.0 Å². The summed E-state index contributed by atoms with van der Waals surface area (Å²) >= 11 is 0. The Kier molecular flexibility index (Phi) is 8.80. The molecule has 0 saturated heterocycles. The van der Waals surface area contributed by atoms with Crippen LogP contribution < -0.4 is 10.1 Å². The summed E-state index contributed by atoms with van der Waals surface area (Å²) in [5, 5.41) is 11.5. The number of ether oxygens (including phenoxy) is 1. The zero-order valence-corrected chi connectivity index (χ0v) is 15.3. The molecule has 0 aromatic heterocycles. The lowest BCUT2D eigenvalue weighted by atomic mass is 10.1. The topological polar surface area (TPSA) is 75.6 Å². The molecule has 0 radical (unpaired) electrons. The quantitative estimate of drug-likeness (QED) is 0.469. The lowest BCUT2D eigenvalue weighted by Gasteiger charge is -2.06. The summed E-state index contributed by atoms with van der Waals surface area (Å²) in [6, 6.07) is 17.0. The highest BCUT2D eigenvalue weighted by Crippen LogP contribution is 2.22. The fraction of sp³-hybridized carbons (Fsp3) is 0.273. The van der Waals surface area contributed by atoms with Gasteiger partial charge in [-0.25, -0.2) is 0 Å². The van der Waals surface area contributed by atoms with Crippen molar-refractivity contribution in [2.45, 2.75) is 25.7 Å². The number of hydrogen-bond acceptors (Lipinski definition) is 4. The lowest BCUT2D eigenvalue weighted by molar-refractivity contribution is -0.122. The summed E-state index contributed by atoms with van der Waals surface area (Å²) in [5.74, 6) is 1.18. The van der Waals surface area contributed by atoms with Crippen molar-refractivity contribution in [1.29, 1.82) is 0 Å². The van der Waals surface area contributed by atoms with Crippen molar-refractivity contribution in [3.05, 3.63) is 66.2 Å².